The molecular weight excluding hydrogens is 376 g/mol. The maximum absolute atomic E-state index is 2.83. The summed E-state index contributed by atoms with van der Waals surface area (Å²) in [5.74, 6) is 3.12. The topological polar surface area (TPSA) is 6.48 Å². The summed E-state index contributed by atoms with van der Waals surface area (Å²) in [5.41, 5.74) is 3.10. The maximum atomic E-state index is 2.83. The average Bonchev–Trinajstić information content (AvgIpc) is 3.23. The Balaban J connectivity index is 1.26. The predicted molar refractivity (Wildman–Crippen MR) is 131 cm³/mol. The average molecular weight is 417 g/mol. The molecule has 0 bridgehead atoms. The molecule has 3 aliphatic rings. The normalized spacial score (nSPS) is 28.7. The van der Waals surface area contributed by atoms with Gasteiger partial charge in [-0.25, -0.2) is 0 Å². The van der Waals surface area contributed by atoms with Gasteiger partial charge in [0.25, 0.3) is 0 Å². The fraction of sp³-hybridized carbons (Fsp3) is 0.586. The third-order valence-corrected chi connectivity index (χ3v) is 8.25. The molecule has 3 fully saturated rings. The highest BCUT2D eigenvalue weighted by molar-refractivity contribution is 5.23. The number of likely N-dealkylation sites (tertiary alicyclic amines) is 2. The molecule has 166 valence electrons. The molecule has 0 aromatic heterocycles. The minimum atomic E-state index is 0.696. The summed E-state index contributed by atoms with van der Waals surface area (Å²) < 4.78 is 0. The summed E-state index contributed by atoms with van der Waals surface area (Å²) in [6.45, 7) is 7.69. The maximum Gasteiger partial charge on any atom is 0.00542 e. The van der Waals surface area contributed by atoms with Gasteiger partial charge in [0.1, 0.15) is 0 Å². The molecule has 2 nitrogen and oxygen atoms in total. The van der Waals surface area contributed by atoms with E-state index in [4.69, 9.17) is 0 Å². The van der Waals surface area contributed by atoms with Crippen molar-refractivity contribution in [3.8, 4) is 0 Å². The molecule has 2 saturated heterocycles. The van der Waals surface area contributed by atoms with Crippen molar-refractivity contribution in [2.45, 2.75) is 56.8 Å². The van der Waals surface area contributed by atoms with Gasteiger partial charge in [0.05, 0.1) is 0 Å². The molecule has 0 amide bonds. The molecular formula is C29H40N2. The Hall–Kier alpha value is -1.64. The molecule has 3 atom stereocenters. The van der Waals surface area contributed by atoms with Crippen molar-refractivity contribution < 1.29 is 0 Å². The summed E-state index contributed by atoms with van der Waals surface area (Å²) in [5, 5.41) is 0. The second-order valence-electron chi connectivity index (χ2n) is 10.5. The minimum absolute atomic E-state index is 0.696. The zero-order valence-corrected chi connectivity index (χ0v) is 19.2. The van der Waals surface area contributed by atoms with E-state index in [0.717, 1.165) is 11.8 Å². The Kier molecular flexibility index (Phi) is 7.06. The smallest absolute Gasteiger partial charge is 0.00542 e. The molecule has 1 saturated carbocycles. The molecule has 0 spiro atoms. The first-order valence-corrected chi connectivity index (χ1v) is 12.9. The van der Waals surface area contributed by atoms with Crippen LogP contribution in [0, 0.1) is 11.8 Å². The minimum Gasteiger partial charge on any atom is -0.302 e. The summed E-state index contributed by atoms with van der Waals surface area (Å²) in [4.78, 5) is 5.63. The first-order chi connectivity index (χ1) is 15.3. The lowest BCUT2D eigenvalue weighted by Gasteiger charge is -2.35. The first-order valence-electron chi connectivity index (χ1n) is 12.9. The van der Waals surface area contributed by atoms with Crippen molar-refractivity contribution in [3.05, 3.63) is 71.8 Å². The van der Waals surface area contributed by atoms with Crippen LogP contribution in [-0.4, -0.2) is 49.1 Å². The van der Waals surface area contributed by atoms with E-state index in [-0.39, 0.29) is 0 Å². The van der Waals surface area contributed by atoms with E-state index in [1.807, 2.05) is 0 Å². The predicted octanol–water partition coefficient (Wildman–Crippen LogP) is 6.16. The molecule has 0 radical (unpaired) electrons. The molecule has 2 aromatic carbocycles. The van der Waals surface area contributed by atoms with Crippen LogP contribution in [0.1, 0.15) is 67.9 Å². The molecule has 2 aromatic rings. The van der Waals surface area contributed by atoms with Gasteiger partial charge >= 0.3 is 0 Å². The van der Waals surface area contributed by atoms with Crippen molar-refractivity contribution in [1.82, 2.24) is 9.80 Å². The van der Waals surface area contributed by atoms with Gasteiger partial charge in [-0.05, 0) is 61.1 Å². The van der Waals surface area contributed by atoms with Crippen LogP contribution >= 0.6 is 0 Å². The molecule has 2 heterocycles. The Morgan fingerprint density at radius 3 is 2.06 bits per heavy atom. The number of hydrogen-bond acceptors (Lipinski definition) is 2. The van der Waals surface area contributed by atoms with Gasteiger partial charge in [-0.2, -0.15) is 0 Å². The van der Waals surface area contributed by atoms with Crippen LogP contribution in [0.5, 0.6) is 0 Å². The van der Waals surface area contributed by atoms with Crippen LogP contribution in [0.4, 0.5) is 0 Å². The van der Waals surface area contributed by atoms with Gasteiger partial charge < -0.3 is 9.80 Å². The van der Waals surface area contributed by atoms with E-state index in [9.17, 15) is 0 Å². The second kappa shape index (κ2) is 10.3. The standard InChI is InChI=1S/C29H40N2/c1-4-11-24(12-5-1)19-31-22-28(29(23-31)26-15-8-3-9-16-26)21-30-18-10-17-27(20-30)25-13-6-2-7-14-25/h2-3,6-9,13-16,24,27-29H,1,4-5,10-12,17-23H2/t27?,28-,29+/m0/s1. The number of hydrogen-bond donors (Lipinski definition) is 0. The monoisotopic (exact) mass is 416 g/mol. The van der Waals surface area contributed by atoms with Gasteiger partial charge in [0, 0.05) is 38.6 Å². The number of nitrogens with zero attached hydrogens (tertiary/aromatic N) is 2. The first kappa shape index (κ1) is 21.2. The highest BCUT2D eigenvalue weighted by Gasteiger charge is 2.36. The van der Waals surface area contributed by atoms with Crippen molar-refractivity contribution in [3.63, 3.8) is 0 Å². The van der Waals surface area contributed by atoms with Gasteiger partial charge in [-0.15, -0.1) is 0 Å². The lowest BCUT2D eigenvalue weighted by Crippen LogP contribution is -2.39. The van der Waals surface area contributed by atoms with Gasteiger partial charge in [-0.1, -0.05) is 79.9 Å². The SMILES string of the molecule is c1ccc(C2CCCN(C[C@H]3CN(CC4CCCCC4)C[C@@H]3c3ccccc3)C2)cc1. The summed E-state index contributed by atoms with van der Waals surface area (Å²) in [6, 6.07) is 22.6. The lowest BCUT2D eigenvalue weighted by molar-refractivity contribution is 0.170. The van der Waals surface area contributed by atoms with Crippen LogP contribution in [0.25, 0.3) is 0 Å². The van der Waals surface area contributed by atoms with Crippen LogP contribution < -0.4 is 0 Å². The molecule has 2 aliphatic heterocycles. The van der Waals surface area contributed by atoms with Crippen molar-refractivity contribution in [2.75, 3.05) is 39.3 Å². The summed E-state index contributed by atoms with van der Waals surface area (Å²) in [6.07, 6.45) is 9.99. The van der Waals surface area contributed by atoms with Crippen LogP contribution in [-0.2, 0) is 0 Å². The van der Waals surface area contributed by atoms with Crippen LogP contribution in [0.2, 0.25) is 0 Å². The van der Waals surface area contributed by atoms with E-state index in [1.54, 1.807) is 5.56 Å². The highest BCUT2D eigenvalue weighted by Crippen LogP contribution is 2.36. The Labute approximate surface area is 189 Å². The fourth-order valence-electron chi connectivity index (χ4n) is 6.66. The highest BCUT2D eigenvalue weighted by atomic mass is 15.2. The zero-order valence-electron chi connectivity index (χ0n) is 19.2. The lowest BCUT2D eigenvalue weighted by atomic mass is 9.86. The molecule has 31 heavy (non-hydrogen) atoms. The Bertz CT molecular complexity index is 783. The largest absolute Gasteiger partial charge is 0.302 e. The second-order valence-corrected chi connectivity index (χ2v) is 10.5. The van der Waals surface area contributed by atoms with E-state index in [2.05, 4.69) is 70.5 Å². The van der Waals surface area contributed by atoms with E-state index < -0.39 is 0 Å². The van der Waals surface area contributed by atoms with Crippen molar-refractivity contribution in [2.24, 2.45) is 11.8 Å². The molecule has 1 unspecified atom stereocenters. The summed E-state index contributed by atoms with van der Waals surface area (Å²) in [7, 11) is 0. The number of piperidine rings is 1. The van der Waals surface area contributed by atoms with E-state index in [1.165, 1.54) is 89.8 Å². The third-order valence-electron chi connectivity index (χ3n) is 8.25. The molecule has 5 rings (SSSR count). The zero-order chi connectivity index (χ0) is 20.9. The van der Waals surface area contributed by atoms with Gasteiger partial charge in [0.2, 0.25) is 0 Å². The van der Waals surface area contributed by atoms with Crippen molar-refractivity contribution in [1.29, 1.82) is 0 Å². The van der Waals surface area contributed by atoms with E-state index >= 15 is 0 Å². The Morgan fingerprint density at radius 2 is 1.32 bits per heavy atom. The molecule has 1 aliphatic carbocycles. The number of benzene rings is 2. The number of rotatable bonds is 6. The van der Waals surface area contributed by atoms with Gasteiger partial charge in [-0.3, -0.25) is 0 Å². The third kappa shape index (κ3) is 5.41. The molecule has 0 N–H and O–H groups in total. The van der Waals surface area contributed by atoms with Crippen LogP contribution in [0.15, 0.2) is 60.7 Å². The van der Waals surface area contributed by atoms with Gasteiger partial charge in [0.15, 0.2) is 0 Å². The quantitative estimate of drug-likeness (QED) is 0.556. The van der Waals surface area contributed by atoms with E-state index in [0.29, 0.717) is 11.8 Å². The van der Waals surface area contributed by atoms with Crippen molar-refractivity contribution >= 4 is 0 Å². The molecule has 2 heteroatoms. The summed E-state index contributed by atoms with van der Waals surface area (Å²) >= 11 is 0. The Morgan fingerprint density at radius 1 is 0.613 bits per heavy atom. The fourth-order valence-corrected chi connectivity index (χ4v) is 6.66. The van der Waals surface area contributed by atoms with Crippen LogP contribution in [0.3, 0.4) is 0 Å².